The third kappa shape index (κ3) is 7.69. The van der Waals surface area contributed by atoms with Gasteiger partial charge >= 0.3 is 12.1 Å². The Bertz CT molecular complexity index is 851. The van der Waals surface area contributed by atoms with Crippen LogP contribution >= 0.6 is 11.8 Å². The Hall–Kier alpha value is -2.15. The summed E-state index contributed by atoms with van der Waals surface area (Å²) < 4.78 is 5.64. The molecule has 2 aliphatic rings. The van der Waals surface area contributed by atoms with E-state index in [1.807, 2.05) is 37.4 Å². The Morgan fingerprint density at radius 3 is 2.71 bits per heavy atom. The second kappa shape index (κ2) is 13.7. The number of nitrogens with one attached hydrogen (secondary N) is 1. The number of carboxylic acid groups (broad SMARTS) is 1. The number of thioether (sulfide) groups is 1. The van der Waals surface area contributed by atoms with Gasteiger partial charge in [-0.1, -0.05) is 56.4 Å². The number of hydrogen-bond acceptors (Lipinski definition) is 5. The highest BCUT2D eigenvalue weighted by Crippen LogP contribution is 2.29. The van der Waals surface area contributed by atoms with E-state index in [9.17, 15) is 14.7 Å². The first-order valence-corrected chi connectivity index (χ1v) is 14.1. The number of carbonyl (C=O) groups is 2. The van der Waals surface area contributed by atoms with Crippen LogP contribution in [0.1, 0.15) is 68.9 Å². The van der Waals surface area contributed by atoms with Gasteiger partial charge in [0.25, 0.3) is 0 Å². The normalized spacial score (nSPS) is 18.0. The van der Waals surface area contributed by atoms with Crippen LogP contribution in [-0.4, -0.2) is 59.8 Å². The van der Waals surface area contributed by atoms with Gasteiger partial charge in [-0.2, -0.15) is 11.8 Å². The second-order valence-electron chi connectivity index (χ2n) is 9.52. The van der Waals surface area contributed by atoms with Crippen LogP contribution in [0.5, 0.6) is 0 Å². The molecule has 1 aliphatic heterocycles. The lowest BCUT2D eigenvalue weighted by atomic mass is 9.86. The van der Waals surface area contributed by atoms with Crippen LogP contribution in [0, 0.1) is 12.8 Å². The number of rotatable bonds is 11. The first-order chi connectivity index (χ1) is 16.5. The van der Waals surface area contributed by atoms with Crippen LogP contribution in [0.25, 0.3) is 5.57 Å². The van der Waals surface area contributed by atoms with Gasteiger partial charge < -0.3 is 20.1 Å². The molecule has 1 aromatic carbocycles. The lowest BCUT2D eigenvalue weighted by Gasteiger charge is -2.33. The Morgan fingerprint density at radius 1 is 1.24 bits per heavy atom. The molecule has 1 aliphatic carbocycles. The number of hydrogen-bond donors (Lipinski definition) is 2. The topological polar surface area (TPSA) is 78.9 Å². The van der Waals surface area contributed by atoms with Crippen molar-refractivity contribution in [2.45, 2.75) is 70.8 Å². The van der Waals surface area contributed by atoms with E-state index in [1.165, 1.54) is 32.1 Å². The van der Waals surface area contributed by atoms with Crippen LogP contribution in [0.15, 0.2) is 30.0 Å². The smallest absolute Gasteiger partial charge is 0.410 e. The molecule has 0 aromatic heterocycles. The quantitative estimate of drug-likeness (QED) is 0.389. The van der Waals surface area contributed by atoms with E-state index in [0.717, 1.165) is 46.9 Å². The Kier molecular flexibility index (Phi) is 10.6. The SMILES string of the molecule is CSCCC(NC1=C(c2ccccc2C)CN(C(=O)OCCCC2CCCCC2)CC1)C(=O)O. The highest BCUT2D eigenvalue weighted by molar-refractivity contribution is 7.98. The van der Waals surface area contributed by atoms with Gasteiger partial charge in [-0.3, -0.25) is 0 Å². The fourth-order valence-electron chi connectivity index (χ4n) is 5.04. The van der Waals surface area contributed by atoms with E-state index in [-0.39, 0.29) is 6.09 Å². The molecule has 0 spiro atoms. The average molecular weight is 489 g/mol. The van der Waals surface area contributed by atoms with Crippen molar-refractivity contribution in [3.8, 4) is 0 Å². The molecular weight excluding hydrogens is 448 g/mol. The molecule has 1 heterocycles. The summed E-state index contributed by atoms with van der Waals surface area (Å²) in [5.74, 6) is 0.724. The number of amides is 1. The summed E-state index contributed by atoms with van der Waals surface area (Å²) >= 11 is 1.64. The van der Waals surface area contributed by atoms with Crippen molar-refractivity contribution in [3.05, 3.63) is 41.1 Å². The molecule has 2 N–H and O–H groups in total. The zero-order chi connectivity index (χ0) is 24.3. The highest BCUT2D eigenvalue weighted by Gasteiger charge is 2.28. The maximum Gasteiger partial charge on any atom is 0.410 e. The number of carbonyl (C=O) groups excluding carboxylic acids is 1. The van der Waals surface area contributed by atoms with Gasteiger partial charge in [0.15, 0.2) is 0 Å². The van der Waals surface area contributed by atoms with Crippen molar-refractivity contribution in [3.63, 3.8) is 0 Å². The van der Waals surface area contributed by atoms with Crippen molar-refractivity contribution in [1.29, 1.82) is 0 Å². The standard InChI is InChI=1S/C27H40N2O4S/c1-20-9-6-7-13-22(20)23-19-29(16-14-24(23)28-25(26(30)31)15-18-34-2)27(32)33-17-8-12-21-10-4-3-5-11-21/h6-7,9,13,21,25,28H,3-5,8,10-12,14-19H2,1-2H3,(H,30,31). The van der Waals surface area contributed by atoms with Gasteiger partial charge in [0.05, 0.1) is 13.2 Å². The van der Waals surface area contributed by atoms with Crippen LogP contribution < -0.4 is 5.32 Å². The lowest BCUT2D eigenvalue weighted by molar-refractivity contribution is -0.139. The maximum absolute atomic E-state index is 12.9. The molecule has 7 heteroatoms. The van der Waals surface area contributed by atoms with E-state index in [1.54, 1.807) is 16.7 Å². The van der Waals surface area contributed by atoms with Crippen molar-refractivity contribution in [1.82, 2.24) is 10.2 Å². The monoisotopic (exact) mass is 488 g/mol. The molecule has 1 unspecified atom stereocenters. The van der Waals surface area contributed by atoms with Gasteiger partial charge in [-0.05, 0) is 60.8 Å². The third-order valence-corrected chi connectivity index (χ3v) is 7.68. The van der Waals surface area contributed by atoms with Crippen molar-refractivity contribution >= 4 is 29.4 Å². The summed E-state index contributed by atoms with van der Waals surface area (Å²) in [4.78, 5) is 26.5. The number of aliphatic carboxylic acids is 1. The number of benzene rings is 1. The zero-order valence-corrected chi connectivity index (χ0v) is 21.5. The molecule has 1 aromatic rings. The predicted octanol–water partition coefficient (Wildman–Crippen LogP) is 5.70. The average Bonchev–Trinajstić information content (AvgIpc) is 2.85. The van der Waals surface area contributed by atoms with E-state index in [0.29, 0.717) is 32.5 Å². The lowest BCUT2D eigenvalue weighted by Crippen LogP contribution is -2.43. The summed E-state index contributed by atoms with van der Waals surface area (Å²) in [5, 5.41) is 13.0. The largest absolute Gasteiger partial charge is 0.480 e. The number of carboxylic acids is 1. The van der Waals surface area contributed by atoms with Crippen LogP contribution in [-0.2, 0) is 9.53 Å². The molecule has 1 saturated carbocycles. The first-order valence-electron chi connectivity index (χ1n) is 12.7. The van der Waals surface area contributed by atoms with Crippen molar-refractivity contribution < 1.29 is 19.4 Å². The second-order valence-corrected chi connectivity index (χ2v) is 10.5. The minimum Gasteiger partial charge on any atom is -0.480 e. The Labute approximate surface area is 208 Å². The van der Waals surface area contributed by atoms with Gasteiger partial charge in [0.2, 0.25) is 0 Å². The minimum absolute atomic E-state index is 0.272. The molecule has 1 atom stereocenters. The van der Waals surface area contributed by atoms with Crippen LogP contribution in [0.4, 0.5) is 4.79 Å². The number of ether oxygens (including phenoxy) is 1. The summed E-state index contributed by atoms with van der Waals surface area (Å²) in [6.07, 6.45) is 11.6. The Balaban J connectivity index is 1.65. The van der Waals surface area contributed by atoms with Crippen LogP contribution in [0.2, 0.25) is 0 Å². The van der Waals surface area contributed by atoms with Gasteiger partial charge in [-0.25, -0.2) is 9.59 Å². The van der Waals surface area contributed by atoms with Gasteiger partial charge in [0, 0.05) is 18.7 Å². The van der Waals surface area contributed by atoms with Crippen molar-refractivity contribution in [2.24, 2.45) is 5.92 Å². The number of aryl methyl sites for hydroxylation is 1. The van der Waals surface area contributed by atoms with E-state index >= 15 is 0 Å². The maximum atomic E-state index is 12.9. The molecule has 3 rings (SSSR count). The molecule has 0 bridgehead atoms. The van der Waals surface area contributed by atoms with Gasteiger partial charge in [0.1, 0.15) is 6.04 Å². The molecule has 34 heavy (non-hydrogen) atoms. The highest BCUT2D eigenvalue weighted by atomic mass is 32.2. The molecule has 6 nitrogen and oxygen atoms in total. The Morgan fingerprint density at radius 2 is 2.00 bits per heavy atom. The van der Waals surface area contributed by atoms with Gasteiger partial charge in [-0.15, -0.1) is 0 Å². The van der Waals surface area contributed by atoms with E-state index in [2.05, 4.69) is 5.32 Å². The number of nitrogens with zero attached hydrogens (tertiary/aromatic N) is 1. The molecule has 0 saturated heterocycles. The summed E-state index contributed by atoms with van der Waals surface area (Å²) in [6.45, 7) is 3.46. The summed E-state index contributed by atoms with van der Waals surface area (Å²) in [5.41, 5.74) is 4.06. The van der Waals surface area contributed by atoms with Crippen LogP contribution in [0.3, 0.4) is 0 Å². The first kappa shape index (κ1) is 26.5. The predicted molar refractivity (Wildman–Crippen MR) is 139 cm³/mol. The molecular formula is C27H40N2O4S. The fraction of sp³-hybridized carbons (Fsp3) is 0.630. The van der Waals surface area contributed by atoms with E-state index < -0.39 is 12.0 Å². The van der Waals surface area contributed by atoms with Crippen molar-refractivity contribution in [2.75, 3.05) is 31.7 Å². The zero-order valence-electron chi connectivity index (χ0n) is 20.7. The third-order valence-electron chi connectivity index (χ3n) is 7.04. The molecule has 0 radical (unpaired) electrons. The summed E-state index contributed by atoms with van der Waals surface area (Å²) in [6, 6.07) is 7.43. The minimum atomic E-state index is -0.842. The fourth-order valence-corrected chi connectivity index (χ4v) is 5.51. The van der Waals surface area contributed by atoms with E-state index in [4.69, 9.17) is 4.74 Å². The molecule has 188 valence electrons. The molecule has 1 amide bonds. The molecule has 1 fully saturated rings. The summed E-state index contributed by atoms with van der Waals surface area (Å²) in [7, 11) is 0.